The molecule has 84 valence electrons. The summed E-state index contributed by atoms with van der Waals surface area (Å²) in [7, 11) is 0. The number of amides is 1. The quantitative estimate of drug-likeness (QED) is 0.815. The van der Waals surface area contributed by atoms with Crippen LogP contribution in [0.5, 0.6) is 5.75 Å². The van der Waals surface area contributed by atoms with Gasteiger partial charge in [-0.25, -0.2) is 4.39 Å². The number of nitrogens with zero attached hydrogens (tertiary/aromatic N) is 1. The highest BCUT2D eigenvalue weighted by molar-refractivity contribution is 5.97. The van der Waals surface area contributed by atoms with Gasteiger partial charge >= 0.3 is 0 Å². The summed E-state index contributed by atoms with van der Waals surface area (Å²) in [6, 6.07) is 4.75. The Hall–Kier alpha value is -2.09. The Morgan fingerprint density at radius 3 is 2.88 bits per heavy atom. The maximum atomic E-state index is 13.3. The van der Waals surface area contributed by atoms with Gasteiger partial charge in [0.05, 0.1) is 6.07 Å². The molecule has 0 saturated carbocycles. The van der Waals surface area contributed by atoms with E-state index in [4.69, 9.17) is 5.26 Å². The molecule has 0 aliphatic rings. The molecule has 1 aromatic rings. The van der Waals surface area contributed by atoms with Crippen LogP contribution in [0.25, 0.3) is 0 Å². The Kier molecular flexibility index (Phi) is 3.84. The van der Waals surface area contributed by atoms with Crippen LogP contribution in [0.3, 0.4) is 0 Å². The molecule has 1 atom stereocenters. The zero-order chi connectivity index (χ0) is 12.1. The molecule has 0 aliphatic heterocycles. The lowest BCUT2D eigenvalue weighted by Gasteiger charge is -2.10. The van der Waals surface area contributed by atoms with Gasteiger partial charge in [-0.05, 0) is 18.6 Å². The Morgan fingerprint density at radius 2 is 2.38 bits per heavy atom. The van der Waals surface area contributed by atoms with Crippen LogP contribution in [-0.2, 0) is 0 Å². The van der Waals surface area contributed by atoms with Gasteiger partial charge in [-0.15, -0.1) is 0 Å². The number of benzene rings is 1. The fourth-order valence-corrected chi connectivity index (χ4v) is 1.19. The fourth-order valence-electron chi connectivity index (χ4n) is 1.19. The summed E-state index contributed by atoms with van der Waals surface area (Å²) in [6.07, 6.45) is 0.414. The highest BCUT2D eigenvalue weighted by Crippen LogP contribution is 2.19. The van der Waals surface area contributed by atoms with E-state index < -0.39 is 29.1 Å². The average molecular weight is 222 g/mol. The SMILES string of the molecule is CCC(C#N)NC(=O)c1c(O)cccc1F. The first-order valence-electron chi connectivity index (χ1n) is 4.78. The number of halogens is 1. The molecule has 0 aromatic heterocycles. The van der Waals surface area contributed by atoms with E-state index in [1.165, 1.54) is 12.1 Å². The number of phenols is 1. The van der Waals surface area contributed by atoms with Gasteiger partial charge in [0.25, 0.3) is 5.91 Å². The smallest absolute Gasteiger partial charge is 0.259 e. The van der Waals surface area contributed by atoms with Gasteiger partial charge < -0.3 is 10.4 Å². The summed E-state index contributed by atoms with van der Waals surface area (Å²) < 4.78 is 13.3. The maximum absolute atomic E-state index is 13.3. The normalized spacial score (nSPS) is 11.6. The van der Waals surface area contributed by atoms with Crippen LogP contribution in [-0.4, -0.2) is 17.1 Å². The van der Waals surface area contributed by atoms with Crippen molar-refractivity contribution in [2.24, 2.45) is 0 Å². The number of carbonyl (C=O) groups is 1. The van der Waals surface area contributed by atoms with Gasteiger partial charge in [-0.2, -0.15) is 5.26 Å². The van der Waals surface area contributed by atoms with Gasteiger partial charge in [-0.3, -0.25) is 4.79 Å². The fraction of sp³-hybridized carbons (Fsp3) is 0.273. The monoisotopic (exact) mass is 222 g/mol. The largest absolute Gasteiger partial charge is 0.507 e. The molecule has 0 saturated heterocycles. The minimum atomic E-state index is -0.815. The molecule has 1 unspecified atom stereocenters. The van der Waals surface area contributed by atoms with E-state index in [0.29, 0.717) is 6.42 Å². The molecule has 0 spiro atoms. The number of rotatable bonds is 3. The second kappa shape index (κ2) is 5.12. The van der Waals surface area contributed by atoms with E-state index >= 15 is 0 Å². The molecule has 4 nitrogen and oxygen atoms in total. The molecule has 2 N–H and O–H groups in total. The van der Waals surface area contributed by atoms with Crippen LogP contribution in [0.2, 0.25) is 0 Å². The zero-order valence-electron chi connectivity index (χ0n) is 8.70. The molecule has 0 fully saturated rings. The van der Waals surface area contributed by atoms with E-state index in [9.17, 15) is 14.3 Å². The van der Waals surface area contributed by atoms with Crippen molar-refractivity contribution in [3.63, 3.8) is 0 Å². The molecule has 0 radical (unpaired) electrons. The third-order valence-electron chi connectivity index (χ3n) is 2.09. The van der Waals surface area contributed by atoms with Gasteiger partial charge in [0.2, 0.25) is 0 Å². The number of aromatic hydroxyl groups is 1. The van der Waals surface area contributed by atoms with Crippen molar-refractivity contribution in [3.8, 4) is 11.8 Å². The lowest BCUT2D eigenvalue weighted by molar-refractivity contribution is 0.0937. The Morgan fingerprint density at radius 1 is 1.69 bits per heavy atom. The lowest BCUT2D eigenvalue weighted by atomic mass is 10.1. The lowest BCUT2D eigenvalue weighted by Crippen LogP contribution is -2.33. The van der Waals surface area contributed by atoms with E-state index in [-0.39, 0.29) is 0 Å². The first-order valence-corrected chi connectivity index (χ1v) is 4.78. The van der Waals surface area contributed by atoms with Crippen LogP contribution in [0.1, 0.15) is 23.7 Å². The van der Waals surface area contributed by atoms with Crippen LogP contribution >= 0.6 is 0 Å². The third-order valence-corrected chi connectivity index (χ3v) is 2.09. The number of hydrogen-bond acceptors (Lipinski definition) is 3. The van der Waals surface area contributed by atoms with Crippen LogP contribution < -0.4 is 5.32 Å². The summed E-state index contributed by atoms with van der Waals surface area (Å²) >= 11 is 0. The summed E-state index contributed by atoms with van der Waals surface area (Å²) in [5.74, 6) is -2.04. The molecule has 1 rings (SSSR count). The summed E-state index contributed by atoms with van der Waals surface area (Å²) in [5.41, 5.74) is -0.434. The molecule has 1 aromatic carbocycles. The number of phenolic OH excluding ortho intramolecular Hbond substituents is 1. The Balaban J connectivity index is 2.94. The predicted octanol–water partition coefficient (Wildman–Crippen LogP) is 1.56. The molecule has 1 amide bonds. The molecule has 5 heteroatoms. The molecule has 0 aliphatic carbocycles. The Labute approximate surface area is 92.3 Å². The first-order chi connectivity index (χ1) is 7.60. The van der Waals surface area contributed by atoms with Crippen molar-refractivity contribution < 1.29 is 14.3 Å². The van der Waals surface area contributed by atoms with Crippen LogP contribution in [0.4, 0.5) is 4.39 Å². The topological polar surface area (TPSA) is 73.1 Å². The van der Waals surface area contributed by atoms with Crippen molar-refractivity contribution >= 4 is 5.91 Å². The highest BCUT2D eigenvalue weighted by Gasteiger charge is 2.18. The zero-order valence-corrected chi connectivity index (χ0v) is 8.70. The molecular weight excluding hydrogens is 211 g/mol. The second-order valence-corrected chi connectivity index (χ2v) is 3.20. The van der Waals surface area contributed by atoms with E-state index in [2.05, 4.69) is 5.32 Å². The second-order valence-electron chi connectivity index (χ2n) is 3.20. The minimum absolute atomic E-state index is 0.414. The summed E-state index contributed by atoms with van der Waals surface area (Å²) in [4.78, 5) is 11.6. The van der Waals surface area contributed by atoms with Gasteiger partial charge in [0.15, 0.2) is 0 Å². The molecule has 0 heterocycles. The number of carbonyl (C=O) groups excluding carboxylic acids is 1. The number of nitriles is 1. The molecular formula is C11H11FN2O2. The summed E-state index contributed by atoms with van der Waals surface area (Å²) in [6.45, 7) is 1.72. The van der Waals surface area contributed by atoms with E-state index in [0.717, 1.165) is 6.07 Å². The number of hydrogen-bond donors (Lipinski definition) is 2. The predicted molar refractivity (Wildman–Crippen MR) is 55.2 cm³/mol. The van der Waals surface area contributed by atoms with Gasteiger partial charge in [0.1, 0.15) is 23.2 Å². The van der Waals surface area contributed by atoms with Crippen molar-refractivity contribution in [2.45, 2.75) is 19.4 Å². The third kappa shape index (κ3) is 2.48. The first kappa shape index (κ1) is 12.0. The molecule has 16 heavy (non-hydrogen) atoms. The van der Waals surface area contributed by atoms with Crippen molar-refractivity contribution in [1.29, 1.82) is 5.26 Å². The minimum Gasteiger partial charge on any atom is -0.507 e. The highest BCUT2D eigenvalue weighted by atomic mass is 19.1. The van der Waals surface area contributed by atoms with Gasteiger partial charge in [0, 0.05) is 0 Å². The number of nitrogens with one attached hydrogen (secondary N) is 1. The van der Waals surface area contributed by atoms with Crippen molar-refractivity contribution in [3.05, 3.63) is 29.6 Å². The van der Waals surface area contributed by atoms with E-state index in [1.807, 2.05) is 6.07 Å². The average Bonchev–Trinajstić information content (AvgIpc) is 2.25. The standard InChI is InChI=1S/C11H11FN2O2/c1-2-7(6-13)14-11(16)10-8(12)4-3-5-9(10)15/h3-5,7,15H,2H2,1H3,(H,14,16). The van der Waals surface area contributed by atoms with Crippen LogP contribution in [0, 0.1) is 17.1 Å². The van der Waals surface area contributed by atoms with Crippen LogP contribution in [0.15, 0.2) is 18.2 Å². The van der Waals surface area contributed by atoms with Crippen molar-refractivity contribution in [1.82, 2.24) is 5.32 Å². The van der Waals surface area contributed by atoms with Crippen molar-refractivity contribution in [2.75, 3.05) is 0 Å². The maximum Gasteiger partial charge on any atom is 0.259 e. The Bertz CT molecular complexity index is 420. The summed E-state index contributed by atoms with van der Waals surface area (Å²) in [5, 5.41) is 20.3. The molecule has 0 bridgehead atoms. The van der Waals surface area contributed by atoms with E-state index in [1.54, 1.807) is 6.92 Å². The van der Waals surface area contributed by atoms with Gasteiger partial charge in [-0.1, -0.05) is 13.0 Å².